The molecule has 0 aromatic carbocycles. The second-order valence-electron chi connectivity index (χ2n) is 7.85. The van der Waals surface area contributed by atoms with E-state index in [0.29, 0.717) is 11.4 Å². The summed E-state index contributed by atoms with van der Waals surface area (Å²) < 4.78 is 7.28. The second-order valence-corrected chi connectivity index (χ2v) is 8.93. The van der Waals surface area contributed by atoms with Crippen LogP contribution in [-0.4, -0.2) is 54.9 Å². The number of ether oxygens (including phenoxy) is 1. The van der Waals surface area contributed by atoms with E-state index in [2.05, 4.69) is 40.9 Å². The Morgan fingerprint density at radius 2 is 2.20 bits per heavy atom. The molecule has 0 saturated carbocycles. The number of rotatable bonds is 5. The number of nitrogens with one attached hydrogen (secondary N) is 1. The van der Waals surface area contributed by atoms with Crippen molar-refractivity contribution in [3.05, 3.63) is 34.7 Å². The lowest BCUT2D eigenvalue weighted by Crippen LogP contribution is -2.29. The summed E-state index contributed by atoms with van der Waals surface area (Å²) in [6.07, 6.45) is 4.50. The minimum Gasteiger partial charge on any atom is -0.493 e. The Balaban J connectivity index is 1.61. The number of methoxy groups -OCH3 is 1. The summed E-state index contributed by atoms with van der Waals surface area (Å²) in [6.45, 7) is 9.73. The van der Waals surface area contributed by atoms with Gasteiger partial charge in [-0.25, -0.2) is 14.5 Å². The van der Waals surface area contributed by atoms with Crippen LogP contribution in [0.15, 0.2) is 18.6 Å². The predicted molar refractivity (Wildman–Crippen MR) is 117 cm³/mol. The van der Waals surface area contributed by atoms with Crippen LogP contribution in [0.4, 0.5) is 0 Å². The van der Waals surface area contributed by atoms with Crippen LogP contribution >= 0.6 is 11.3 Å². The van der Waals surface area contributed by atoms with Crippen molar-refractivity contribution in [2.24, 2.45) is 0 Å². The average Bonchev–Trinajstić information content (AvgIpc) is 3.48. The van der Waals surface area contributed by atoms with E-state index in [1.165, 1.54) is 16.9 Å². The van der Waals surface area contributed by atoms with Crippen molar-refractivity contribution in [2.45, 2.75) is 39.7 Å². The van der Waals surface area contributed by atoms with Crippen LogP contribution < -0.4 is 4.74 Å². The third-order valence-electron chi connectivity index (χ3n) is 5.69. The van der Waals surface area contributed by atoms with Crippen molar-refractivity contribution in [3.63, 3.8) is 0 Å². The monoisotopic (exact) mass is 423 g/mol. The van der Waals surface area contributed by atoms with Crippen LogP contribution in [0.2, 0.25) is 0 Å². The van der Waals surface area contributed by atoms with Gasteiger partial charge in [0, 0.05) is 41.7 Å². The van der Waals surface area contributed by atoms with E-state index < -0.39 is 0 Å². The molecular weight excluding hydrogens is 398 g/mol. The zero-order valence-corrected chi connectivity index (χ0v) is 18.5. The zero-order valence-electron chi connectivity index (χ0n) is 17.6. The van der Waals surface area contributed by atoms with Crippen molar-refractivity contribution in [1.82, 2.24) is 34.7 Å². The molecule has 0 spiro atoms. The molecule has 0 amide bonds. The molecule has 1 aliphatic heterocycles. The summed E-state index contributed by atoms with van der Waals surface area (Å²) in [5, 5.41) is 13.3. The Hall–Kier alpha value is -2.78. The van der Waals surface area contributed by atoms with E-state index in [-0.39, 0.29) is 5.92 Å². The maximum absolute atomic E-state index is 5.54. The van der Waals surface area contributed by atoms with Crippen molar-refractivity contribution < 1.29 is 4.74 Å². The first-order valence-corrected chi connectivity index (χ1v) is 11.1. The molecule has 0 unspecified atom stereocenters. The topological polar surface area (TPSA) is 84.2 Å². The Kier molecular flexibility index (Phi) is 4.79. The smallest absolute Gasteiger partial charge is 0.197 e. The van der Waals surface area contributed by atoms with Crippen molar-refractivity contribution in [3.8, 4) is 27.7 Å². The highest BCUT2D eigenvalue weighted by molar-refractivity contribution is 7.15. The highest BCUT2D eigenvalue weighted by Gasteiger charge is 2.26. The number of likely N-dealkylation sites (N-methyl/N-ethyl adjacent to an activating group) is 1. The van der Waals surface area contributed by atoms with Gasteiger partial charge in [-0.2, -0.15) is 10.2 Å². The largest absolute Gasteiger partial charge is 0.493 e. The van der Waals surface area contributed by atoms with E-state index in [9.17, 15) is 0 Å². The molecule has 0 fully saturated rings. The number of pyridine rings is 1. The molecule has 156 valence electrons. The molecule has 0 atom stereocenters. The number of hydrogen-bond acceptors (Lipinski definition) is 7. The van der Waals surface area contributed by atoms with Gasteiger partial charge in [0.2, 0.25) is 0 Å². The van der Waals surface area contributed by atoms with Gasteiger partial charge in [0.1, 0.15) is 17.0 Å². The summed E-state index contributed by atoms with van der Waals surface area (Å²) in [6, 6.07) is 1.99. The molecule has 5 rings (SSSR count). The van der Waals surface area contributed by atoms with Crippen molar-refractivity contribution in [2.75, 3.05) is 20.2 Å². The molecule has 0 bridgehead atoms. The summed E-state index contributed by atoms with van der Waals surface area (Å²) in [4.78, 5) is 13.1. The minimum absolute atomic E-state index is 0.277. The Morgan fingerprint density at radius 3 is 2.97 bits per heavy atom. The average molecular weight is 424 g/mol. The van der Waals surface area contributed by atoms with E-state index in [1.807, 2.05) is 12.3 Å². The van der Waals surface area contributed by atoms with Crippen molar-refractivity contribution in [1.29, 1.82) is 0 Å². The number of aromatic nitrogens is 6. The molecule has 0 saturated heterocycles. The van der Waals surface area contributed by atoms with Gasteiger partial charge in [-0.1, -0.05) is 20.8 Å². The first-order valence-electron chi connectivity index (χ1n) is 10.3. The van der Waals surface area contributed by atoms with Crippen molar-refractivity contribution >= 4 is 17.0 Å². The van der Waals surface area contributed by atoms with E-state index >= 15 is 0 Å². The molecule has 30 heavy (non-hydrogen) atoms. The third-order valence-corrected chi connectivity index (χ3v) is 6.78. The number of fused-ring (bicyclic) bond motifs is 2. The second kappa shape index (κ2) is 7.48. The summed E-state index contributed by atoms with van der Waals surface area (Å²) >= 11 is 1.77. The van der Waals surface area contributed by atoms with E-state index in [4.69, 9.17) is 14.8 Å². The van der Waals surface area contributed by atoms with Crippen LogP contribution in [0, 0.1) is 0 Å². The van der Waals surface area contributed by atoms with E-state index in [1.54, 1.807) is 23.0 Å². The normalized spacial score (nSPS) is 14.6. The summed E-state index contributed by atoms with van der Waals surface area (Å²) in [5.74, 6) is 0.958. The molecule has 4 aromatic heterocycles. The van der Waals surface area contributed by atoms with Crippen LogP contribution in [0.5, 0.6) is 5.75 Å². The quantitative estimate of drug-likeness (QED) is 0.526. The van der Waals surface area contributed by atoms with Gasteiger partial charge in [-0.3, -0.25) is 10.00 Å². The highest BCUT2D eigenvalue weighted by atomic mass is 32.1. The third kappa shape index (κ3) is 3.09. The van der Waals surface area contributed by atoms with Gasteiger partial charge >= 0.3 is 0 Å². The van der Waals surface area contributed by atoms with Gasteiger partial charge in [0.05, 0.1) is 18.5 Å². The van der Waals surface area contributed by atoms with Gasteiger partial charge in [-0.15, -0.1) is 11.3 Å². The fourth-order valence-corrected chi connectivity index (χ4v) is 5.25. The minimum atomic E-state index is 0.277. The summed E-state index contributed by atoms with van der Waals surface area (Å²) in [5.41, 5.74) is 5.96. The first kappa shape index (κ1) is 19.2. The number of aromatic amines is 1. The lowest BCUT2D eigenvalue weighted by molar-refractivity contribution is 0.270. The maximum atomic E-state index is 5.54. The molecule has 4 aromatic rings. The Labute approximate surface area is 178 Å². The molecule has 0 radical (unpaired) electrons. The lowest BCUT2D eigenvalue weighted by Gasteiger charge is -2.23. The fraction of sp³-hybridized carbons (Fsp3) is 0.429. The van der Waals surface area contributed by atoms with Gasteiger partial charge in [0.15, 0.2) is 11.4 Å². The molecule has 5 heterocycles. The summed E-state index contributed by atoms with van der Waals surface area (Å²) in [7, 11) is 1.65. The fourth-order valence-electron chi connectivity index (χ4n) is 4.10. The van der Waals surface area contributed by atoms with Gasteiger partial charge < -0.3 is 4.74 Å². The molecule has 8 nitrogen and oxygen atoms in total. The molecule has 1 aliphatic rings. The van der Waals surface area contributed by atoms with E-state index in [0.717, 1.165) is 53.6 Å². The number of nitrogens with zero attached hydrogens (tertiary/aromatic N) is 6. The molecular formula is C21H25N7OS. The van der Waals surface area contributed by atoms with Crippen LogP contribution in [0.3, 0.4) is 0 Å². The molecule has 0 aliphatic carbocycles. The predicted octanol–water partition coefficient (Wildman–Crippen LogP) is 3.75. The zero-order chi connectivity index (χ0) is 20.8. The number of H-pyrrole nitrogens is 1. The highest BCUT2D eigenvalue weighted by Crippen LogP contribution is 2.39. The Bertz CT molecular complexity index is 1210. The number of thiazole rings is 1. The van der Waals surface area contributed by atoms with Crippen LogP contribution in [-0.2, 0) is 13.0 Å². The molecule has 9 heteroatoms. The first-order chi connectivity index (χ1) is 14.6. The van der Waals surface area contributed by atoms with Crippen LogP contribution in [0.25, 0.3) is 27.6 Å². The SMILES string of the molecule is CCN1CCc2nc(-c3n[nH]c(-c4cc(OC)c5ncnn5c4)c3C(C)C)sc2C1. The van der Waals surface area contributed by atoms with Crippen LogP contribution in [0.1, 0.15) is 42.8 Å². The molecule has 1 N–H and O–H groups in total. The maximum Gasteiger partial charge on any atom is 0.197 e. The Morgan fingerprint density at radius 1 is 1.33 bits per heavy atom. The lowest BCUT2D eigenvalue weighted by atomic mass is 9.97. The van der Waals surface area contributed by atoms with Gasteiger partial charge in [-0.05, 0) is 18.5 Å². The number of hydrogen-bond donors (Lipinski definition) is 1. The standard InChI is InChI=1S/C21H25N7OS/c1-5-27-7-6-14-16(10-27)30-21(24-14)19-17(12(2)3)18(25-26-19)13-8-15(29-4)20-22-11-23-28(20)9-13/h8-9,11-12H,5-7,10H2,1-4H3,(H,25,26). The van der Waals surface area contributed by atoms with Gasteiger partial charge in [0.25, 0.3) is 0 Å².